The van der Waals surface area contributed by atoms with Crippen molar-refractivity contribution in [2.24, 2.45) is 0 Å². The Balaban J connectivity index is 1.72. The zero-order valence-electron chi connectivity index (χ0n) is 19.2. The second kappa shape index (κ2) is 10.3. The molecule has 1 fully saturated rings. The Morgan fingerprint density at radius 1 is 1.03 bits per heavy atom. The minimum Gasteiger partial charge on any atom is -0.465 e. The minimum atomic E-state index is -0.985. The standard InChI is InChI=1S/C28H29F2NO3/c1-18-13-20(25-7-3-2-5-19(25)6-4-12-32)8-9-24(18)27-17-31(28(33)34)11-10-26(27)21-14-22(29)16-23(30)15-21/h2-3,5,7-9,13-16,26-27,32H,4,6,10-12,17H2,1H3,(H,33,34). The monoisotopic (exact) mass is 465 g/mol. The van der Waals surface area contributed by atoms with E-state index in [1.165, 1.54) is 17.0 Å². The fraction of sp³-hybridized carbons (Fsp3) is 0.321. The van der Waals surface area contributed by atoms with Crippen LogP contribution in [0.15, 0.2) is 60.7 Å². The summed E-state index contributed by atoms with van der Waals surface area (Å²) < 4.78 is 28.0. The first-order valence-corrected chi connectivity index (χ1v) is 11.6. The van der Waals surface area contributed by atoms with Crippen molar-refractivity contribution in [1.29, 1.82) is 0 Å². The van der Waals surface area contributed by atoms with Crippen LogP contribution in [0.1, 0.15) is 46.9 Å². The van der Waals surface area contributed by atoms with Crippen LogP contribution in [0.4, 0.5) is 13.6 Å². The predicted molar refractivity (Wildman–Crippen MR) is 128 cm³/mol. The van der Waals surface area contributed by atoms with E-state index in [1.54, 1.807) is 0 Å². The van der Waals surface area contributed by atoms with E-state index in [9.17, 15) is 23.8 Å². The minimum absolute atomic E-state index is 0.135. The number of piperidine rings is 1. The fourth-order valence-corrected chi connectivity index (χ4v) is 5.18. The van der Waals surface area contributed by atoms with Gasteiger partial charge in [-0.2, -0.15) is 0 Å². The number of amides is 1. The fourth-order valence-electron chi connectivity index (χ4n) is 5.18. The van der Waals surface area contributed by atoms with Gasteiger partial charge in [0.2, 0.25) is 0 Å². The van der Waals surface area contributed by atoms with Gasteiger partial charge in [0.05, 0.1) is 0 Å². The molecule has 1 saturated heterocycles. The summed E-state index contributed by atoms with van der Waals surface area (Å²) in [7, 11) is 0. The Kier molecular flexibility index (Phi) is 7.27. The molecule has 3 aromatic carbocycles. The van der Waals surface area contributed by atoms with Crippen molar-refractivity contribution in [2.75, 3.05) is 19.7 Å². The van der Waals surface area contributed by atoms with Gasteiger partial charge in [0.15, 0.2) is 0 Å². The van der Waals surface area contributed by atoms with Gasteiger partial charge in [-0.25, -0.2) is 13.6 Å². The molecule has 4 rings (SSSR count). The molecule has 2 atom stereocenters. The van der Waals surface area contributed by atoms with E-state index in [0.29, 0.717) is 24.9 Å². The molecule has 1 aliphatic heterocycles. The van der Waals surface area contributed by atoms with Gasteiger partial charge >= 0.3 is 6.09 Å². The number of hydrogen-bond donors (Lipinski definition) is 2. The Morgan fingerprint density at radius 3 is 2.44 bits per heavy atom. The van der Waals surface area contributed by atoms with Gasteiger partial charge in [0, 0.05) is 31.7 Å². The third-order valence-electron chi connectivity index (χ3n) is 6.80. The summed E-state index contributed by atoms with van der Waals surface area (Å²) in [5.74, 6) is -1.66. The van der Waals surface area contributed by atoms with Crippen LogP contribution in [-0.2, 0) is 6.42 Å². The molecular weight excluding hydrogens is 436 g/mol. The molecule has 0 radical (unpaired) electrons. The molecule has 4 nitrogen and oxygen atoms in total. The smallest absolute Gasteiger partial charge is 0.407 e. The number of rotatable bonds is 6. The van der Waals surface area contributed by atoms with Gasteiger partial charge < -0.3 is 15.1 Å². The molecule has 34 heavy (non-hydrogen) atoms. The molecule has 2 N–H and O–H groups in total. The number of aryl methyl sites for hydroxylation is 2. The van der Waals surface area contributed by atoms with Gasteiger partial charge in [0.25, 0.3) is 0 Å². The van der Waals surface area contributed by atoms with Crippen LogP contribution in [0.25, 0.3) is 11.1 Å². The van der Waals surface area contributed by atoms with E-state index >= 15 is 0 Å². The topological polar surface area (TPSA) is 60.8 Å². The van der Waals surface area contributed by atoms with Crippen molar-refractivity contribution in [3.05, 3.63) is 94.6 Å². The first-order valence-electron chi connectivity index (χ1n) is 11.6. The number of likely N-dealkylation sites (tertiary alicyclic amines) is 1. The van der Waals surface area contributed by atoms with Crippen LogP contribution in [0, 0.1) is 18.6 Å². The molecule has 0 saturated carbocycles. The number of carboxylic acid groups (broad SMARTS) is 1. The lowest BCUT2D eigenvalue weighted by atomic mass is 9.75. The number of benzene rings is 3. The third-order valence-corrected chi connectivity index (χ3v) is 6.80. The van der Waals surface area contributed by atoms with Gasteiger partial charge in [-0.15, -0.1) is 0 Å². The van der Waals surface area contributed by atoms with Crippen molar-refractivity contribution >= 4 is 6.09 Å². The largest absolute Gasteiger partial charge is 0.465 e. The van der Waals surface area contributed by atoms with E-state index in [2.05, 4.69) is 18.2 Å². The van der Waals surface area contributed by atoms with Gasteiger partial charge in [0.1, 0.15) is 11.6 Å². The molecule has 0 aromatic heterocycles. The SMILES string of the molecule is Cc1cc(-c2ccccc2CCCO)ccc1C1CN(C(=O)O)CCC1c1cc(F)cc(F)c1. The van der Waals surface area contributed by atoms with Crippen molar-refractivity contribution in [3.63, 3.8) is 0 Å². The lowest BCUT2D eigenvalue weighted by Gasteiger charge is -2.38. The molecule has 0 spiro atoms. The third kappa shape index (κ3) is 5.12. The lowest BCUT2D eigenvalue weighted by molar-refractivity contribution is 0.125. The van der Waals surface area contributed by atoms with Crippen LogP contribution >= 0.6 is 0 Å². The van der Waals surface area contributed by atoms with Crippen molar-refractivity contribution in [1.82, 2.24) is 4.90 Å². The predicted octanol–water partition coefficient (Wildman–Crippen LogP) is 6.12. The van der Waals surface area contributed by atoms with E-state index < -0.39 is 17.7 Å². The number of aliphatic hydroxyl groups is 1. The number of nitrogens with zero attached hydrogens (tertiary/aromatic N) is 1. The molecule has 2 unspecified atom stereocenters. The summed E-state index contributed by atoms with van der Waals surface area (Å²) in [6.45, 7) is 2.73. The normalized spacial score (nSPS) is 18.2. The number of aliphatic hydroxyl groups excluding tert-OH is 1. The van der Waals surface area contributed by atoms with E-state index in [4.69, 9.17) is 0 Å². The molecule has 1 aliphatic rings. The number of hydrogen-bond acceptors (Lipinski definition) is 2. The van der Waals surface area contributed by atoms with Gasteiger partial charge in [-0.1, -0.05) is 42.5 Å². The number of carbonyl (C=O) groups is 1. The van der Waals surface area contributed by atoms with E-state index in [0.717, 1.165) is 40.3 Å². The molecule has 1 amide bonds. The first kappa shape index (κ1) is 23.9. The average molecular weight is 466 g/mol. The zero-order valence-corrected chi connectivity index (χ0v) is 19.2. The Hall–Kier alpha value is -3.25. The lowest BCUT2D eigenvalue weighted by Crippen LogP contribution is -2.41. The molecule has 6 heteroatoms. The average Bonchev–Trinajstić information content (AvgIpc) is 2.82. The van der Waals surface area contributed by atoms with Crippen LogP contribution in [0.2, 0.25) is 0 Å². The molecular formula is C28H29F2NO3. The number of halogens is 2. The Labute approximate surface area is 198 Å². The highest BCUT2D eigenvalue weighted by Gasteiger charge is 2.34. The summed E-state index contributed by atoms with van der Waals surface area (Å²) in [4.78, 5) is 13.1. The van der Waals surface area contributed by atoms with Crippen LogP contribution in [0.3, 0.4) is 0 Å². The summed E-state index contributed by atoms with van der Waals surface area (Å²) in [5, 5.41) is 18.8. The first-order chi connectivity index (χ1) is 16.4. The quantitative estimate of drug-likeness (QED) is 0.461. The second-order valence-corrected chi connectivity index (χ2v) is 8.99. The Morgan fingerprint density at radius 2 is 1.76 bits per heavy atom. The van der Waals surface area contributed by atoms with Crippen LogP contribution in [-0.4, -0.2) is 40.9 Å². The molecule has 178 valence electrons. The summed E-state index contributed by atoms with van der Waals surface area (Å²) in [6, 6.07) is 17.8. The zero-order chi connectivity index (χ0) is 24.2. The second-order valence-electron chi connectivity index (χ2n) is 8.99. The molecule has 0 aliphatic carbocycles. The Bertz CT molecular complexity index is 1160. The van der Waals surface area contributed by atoms with Crippen LogP contribution in [0.5, 0.6) is 0 Å². The summed E-state index contributed by atoms with van der Waals surface area (Å²) in [6.07, 6.45) is 0.968. The maximum Gasteiger partial charge on any atom is 0.407 e. The highest BCUT2D eigenvalue weighted by Crippen LogP contribution is 2.42. The van der Waals surface area contributed by atoms with Crippen molar-refractivity contribution in [3.8, 4) is 11.1 Å². The van der Waals surface area contributed by atoms with Gasteiger partial charge in [-0.05, 0) is 77.6 Å². The summed E-state index contributed by atoms with van der Waals surface area (Å²) >= 11 is 0. The van der Waals surface area contributed by atoms with E-state index in [1.807, 2.05) is 31.2 Å². The maximum atomic E-state index is 14.0. The summed E-state index contributed by atoms with van der Waals surface area (Å²) in [5.41, 5.74) is 5.86. The van der Waals surface area contributed by atoms with Crippen molar-refractivity contribution in [2.45, 2.75) is 38.0 Å². The molecule has 1 heterocycles. The highest BCUT2D eigenvalue weighted by atomic mass is 19.1. The maximum absolute atomic E-state index is 14.0. The van der Waals surface area contributed by atoms with Crippen molar-refractivity contribution < 1.29 is 23.8 Å². The highest BCUT2D eigenvalue weighted by molar-refractivity contribution is 5.69. The van der Waals surface area contributed by atoms with Gasteiger partial charge in [-0.3, -0.25) is 0 Å². The molecule has 0 bridgehead atoms. The molecule has 3 aromatic rings. The van der Waals surface area contributed by atoms with Crippen LogP contribution < -0.4 is 0 Å². The van der Waals surface area contributed by atoms with E-state index in [-0.39, 0.29) is 25.0 Å².